The van der Waals surface area contributed by atoms with Gasteiger partial charge in [0.2, 0.25) is 0 Å². The van der Waals surface area contributed by atoms with Crippen LogP contribution < -0.4 is 0 Å². The van der Waals surface area contributed by atoms with Gasteiger partial charge in [-0.1, -0.05) is 6.92 Å². The van der Waals surface area contributed by atoms with E-state index in [1.54, 1.807) is 0 Å². The van der Waals surface area contributed by atoms with Crippen molar-refractivity contribution >= 4 is 17.7 Å². The Hall–Kier alpha value is -0.220. The number of hydrogen-bond donors (Lipinski definition) is 0. The molecule has 0 aromatic rings. The highest BCUT2D eigenvalue weighted by atomic mass is 32.2. The molecular formula is C11H21NO2S. The fourth-order valence-electron chi connectivity index (χ4n) is 1.90. The third-order valence-corrected chi connectivity index (χ3v) is 3.76. The maximum atomic E-state index is 11.3. The maximum Gasteiger partial charge on any atom is 0.308 e. The highest BCUT2D eigenvalue weighted by Crippen LogP contribution is 2.18. The summed E-state index contributed by atoms with van der Waals surface area (Å²) in [5.74, 6) is 2.51. The Kier molecular flexibility index (Phi) is 6.10. The fourth-order valence-corrected chi connectivity index (χ4v) is 2.57. The first kappa shape index (κ1) is 12.8. The molecular weight excluding hydrogens is 210 g/mol. The predicted octanol–water partition coefficient (Wildman–Crippen LogP) is 1.62. The number of thioether (sulfide) groups is 1. The van der Waals surface area contributed by atoms with Crippen LogP contribution in [0.5, 0.6) is 0 Å². The van der Waals surface area contributed by atoms with Gasteiger partial charge < -0.3 is 9.64 Å². The third-order valence-electron chi connectivity index (χ3n) is 2.88. The van der Waals surface area contributed by atoms with Gasteiger partial charge in [0.05, 0.1) is 13.0 Å². The molecule has 0 atom stereocenters. The molecule has 0 spiro atoms. The van der Waals surface area contributed by atoms with Crippen molar-refractivity contribution in [1.82, 2.24) is 4.90 Å². The minimum Gasteiger partial charge on any atom is -0.469 e. The zero-order chi connectivity index (χ0) is 11.1. The van der Waals surface area contributed by atoms with Gasteiger partial charge in [0.25, 0.3) is 0 Å². The minimum absolute atomic E-state index is 0.0300. The van der Waals surface area contributed by atoms with Crippen molar-refractivity contribution in [3.8, 4) is 0 Å². The molecule has 1 aliphatic rings. The van der Waals surface area contributed by atoms with Crippen LogP contribution in [0.25, 0.3) is 0 Å². The standard InChI is InChI=1S/C11H21NO2S/c1-3-15-9-8-12-6-4-10(5-7-12)11(13)14-2/h10H,3-9H2,1-2H3. The lowest BCUT2D eigenvalue weighted by Gasteiger charge is -2.30. The van der Waals surface area contributed by atoms with Crippen LogP contribution in [0.3, 0.4) is 0 Å². The Morgan fingerprint density at radius 3 is 2.67 bits per heavy atom. The lowest BCUT2D eigenvalue weighted by molar-refractivity contribution is -0.147. The van der Waals surface area contributed by atoms with Crippen molar-refractivity contribution in [2.45, 2.75) is 19.8 Å². The van der Waals surface area contributed by atoms with Gasteiger partial charge in [-0.15, -0.1) is 0 Å². The Labute approximate surface area is 96.5 Å². The van der Waals surface area contributed by atoms with Gasteiger partial charge in [-0.05, 0) is 31.7 Å². The van der Waals surface area contributed by atoms with Crippen LogP contribution in [-0.4, -0.2) is 49.1 Å². The van der Waals surface area contributed by atoms with E-state index in [2.05, 4.69) is 11.8 Å². The van der Waals surface area contributed by atoms with Gasteiger partial charge >= 0.3 is 5.97 Å². The topological polar surface area (TPSA) is 29.5 Å². The van der Waals surface area contributed by atoms with Crippen LogP contribution in [0, 0.1) is 5.92 Å². The molecule has 0 saturated carbocycles. The Morgan fingerprint density at radius 2 is 2.13 bits per heavy atom. The number of piperidine rings is 1. The lowest BCUT2D eigenvalue weighted by atomic mass is 9.97. The Bertz CT molecular complexity index is 191. The molecule has 1 fully saturated rings. The molecule has 4 heteroatoms. The van der Waals surface area contributed by atoms with Crippen molar-refractivity contribution in [3.63, 3.8) is 0 Å². The van der Waals surface area contributed by atoms with Crippen molar-refractivity contribution in [1.29, 1.82) is 0 Å². The number of hydrogen-bond acceptors (Lipinski definition) is 4. The molecule has 0 radical (unpaired) electrons. The number of carbonyl (C=O) groups excluding carboxylic acids is 1. The molecule has 0 aromatic heterocycles. The van der Waals surface area contributed by atoms with Crippen LogP contribution in [0.2, 0.25) is 0 Å². The molecule has 0 aromatic carbocycles. The van der Waals surface area contributed by atoms with E-state index < -0.39 is 0 Å². The predicted molar refractivity (Wildman–Crippen MR) is 64.2 cm³/mol. The number of esters is 1. The molecule has 15 heavy (non-hydrogen) atoms. The van der Waals surface area contributed by atoms with Crippen molar-refractivity contribution in [3.05, 3.63) is 0 Å². The highest BCUT2D eigenvalue weighted by Gasteiger charge is 2.24. The Balaban J connectivity index is 2.15. The smallest absolute Gasteiger partial charge is 0.308 e. The zero-order valence-electron chi connectivity index (χ0n) is 9.70. The van der Waals surface area contributed by atoms with E-state index in [-0.39, 0.29) is 11.9 Å². The van der Waals surface area contributed by atoms with Crippen molar-refractivity contribution < 1.29 is 9.53 Å². The molecule has 0 aliphatic carbocycles. The summed E-state index contributed by atoms with van der Waals surface area (Å²) in [4.78, 5) is 13.7. The van der Waals surface area contributed by atoms with Crippen molar-refractivity contribution in [2.75, 3.05) is 38.2 Å². The molecule has 88 valence electrons. The molecule has 0 N–H and O–H groups in total. The summed E-state index contributed by atoms with van der Waals surface area (Å²) in [6.07, 6.45) is 1.92. The van der Waals surface area contributed by atoms with E-state index in [0.717, 1.165) is 32.5 Å². The third kappa shape index (κ3) is 4.43. The first-order valence-corrected chi connectivity index (χ1v) is 6.81. The lowest BCUT2D eigenvalue weighted by Crippen LogP contribution is -2.37. The van der Waals surface area contributed by atoms with E-state index in [1.165, 1.54) is 18.6 Å². The second-order valence-electron chi connectivity index (χ2n) is 3.84. The van der Waals surface area contributed by atoms with Gasteiger partial charge in [-0.3, -0.25) is 4.79 Å². The van der Waals surface area contributed by atoms with Gasteiger partial charge in [-0.2, -0.15) is 11.8 Å². The number of likely N-dealkylation sites (tertiary alicyclic amines) is 1. The van der Waals surface area contributed by atoms with Gasteiger partial charge in [0.15, 0.2) is 0 Å². The van der Waals surface area contributed by atoms with E-state index in [1.807, 2.05) is 11.8 Å². The summed E-state index contributed by atoms with van der Waals surface area (Å²) in [7, 11) is 1.48. The summed E-state index contributed by atoms with van der Waals surface area (Å²) < 4.78 is 4.76. The number of methoxy groups -OCH3 is 1. The number of rotatable bonds is 5. The van der Waals surface area contributed by atoms with E-state index >= 15 is 0 Å². The van der Waals surface area contributed by atoms with Gasteiger partial charge in [0, 0.05) is 12.3 Å². The number of ether oxygens (including phenoxy) is 1. The largest absolute Gasteiger partial charge is 0.469 e. The summed E-state index contributed by atoms with van der Waals surface area (Å²) in [6.45, 7) is 5.44. The highest BCUT2D eigenvalue weighted by molar-refractivity contribution is 7.99. The van der Waals surface area contributed by atoms with Crippen LogP contribution in [-0.2, 0) is 9.53 Å². The maximum absolute atomic E-state index is 11.3. The van der Waals surface area contributed by atoms with E-state index in [9.17, 15) is 4.79 Å². The summed E-state index contributed by atoms with van der Waals surface area (Å²) in [6, 6.07) is 0. The Morgan fingerprint density at radius 1 is 1.47 bits per heavy atom. The number of nitrogens with zero attached hydrogens (tertiary/aromatic N) is 1. The van der Waals surface area contributed by atoms with E-state index in [4.69, 9.17) is 4.74 Å². The van der Waals surface area contributed by atoms with Crippen LogP contribution in [0.4, 0.5) is 0 Å². The average Bonchev–Trinajstić information content (AvgIpc) is 2.29. The molecule has 1 rings (SSSR count). The second kappa shape index (κ2) is 7.12. The van der Waals surface area contributed by atoms with Crippen LogP contribution in [0.1, 0.15) is 19.8 Å². The molecule has 0 bridgehead atoms. The fraction of sp³-hybridized carbons (Fsp3) is 0.909. The monoisotopic (exact) mass is 231 g/mol. The molecule has 0 amide bonds. The summed E-state index contributed by atoms with van der Waals surface area (Å²) in [5.41, 5.74) is 0. The normalized spacial score (nSPS) is 19.1. The van der Waals surface area contributed by atoms with Crippen LogP contribution >= 0.6 is 11.8 Å². The SMILES string of the molecule is CCSCCN1CCC(C(=O)OC)CC1. The molecule has 0 unspecified atom stereocenters. The molecule has 1 saturated heterocycles. The zero-order valence-corrected chi connectivity index (χ0v) is 10.5. The first-order chi connectivity index (χ1) is 7.27. The van der Waals surface area contributed by atoms with Crippen LogP contribution in [0.15, 0.2) is 0 Å². The van der Waals surface area contributed by atoms with Crippen molar-refractivity contribution in [2.24, 2.45) is 5.92 Å². The van der Waals surface area contributed by atoms with Gasteiger partial charge in [-0.25, -0.2) is 0 Å². The average molecular weight is 231 g/mol. The summed E-state index contributed by atoms with van der Waals surface area (Å²) in [5, 5.41) is 0. The van der Waals surface area contributed by atoms with E-state index in [0.29, 0.717) is 0 Å². The quantitative estimate of drug-likeness (QED) is 0.531. The summed E-state index contributed by atoms with van der Waals surface area (Å²) >= 11 is 1.98. The molecule has 3 nitrogen and oxygen atoms in total. The molecule has 1 aliphatic heterocycles. The molecule has 1 heterocycles. The van der Waals surface area contributed by atoms with Gasteiger partial charge in [0.1, 0.15) is 0 Å². The minimum atomic E-state index is -0.0300. The second-order valence-corrected chi connectivity index (χ2v) is 5.23. The first-order valence-electron chi connectivity index (χ1n) is 5.65. The number of carbonyl (C=O) groups is 1.